The first kappa shape index (κ1) is 18.3. The highest BCUT2D eigenvalue weighted by Crippen LogP contribution is 2.38. The Morgan fingerprint density at radius 2 is 1.64 bits per heavy atom. The zero-order valence-corrected chi connectivity index (χ0v) is 13.1. The molecule has 0 N–H and O–H groups in total. The maximum Gasteiger partial charge on any atom is 0.208 e. The maximum atomic E-state index is 14.6. The topological polar surface area (TPSA) is 35.5 Å². The Bertz CT molecular complexity index is 530. The Morgan fingerprint density at radius 1 is 1.00 bits per heavy atom. The lowest BCUT2D eigenvalue weighted by atomic mass is 9.98. The molecule has 0 saturated heterocycles. The molecule has 0 saturated carbocycles. The molecule has 0 unspecified atom stereocenters. The summed E-state index contributed by atoms with van der Waals surface area (Å²) in [5.74, 6) is -4.00. The van der Waals surface area contributed by atoms with Crippen molar-refractivity contribution in [1.29, 1.82) is 0 Å². The second-order valence-electron chi connectivity index (χ2n) is 4.92. The van der Waals surface area contributed by atoms with Gasteiger partial charge in [0.15, 0.2) is 18.2 Å². The van der Waals surface area contributed by atoms with Gasteiger partial charge in [0.25, 0.3) is 0 Å². The summed E-state index contributed by atoms with van der Waals surface area (Å²) in [5.41, 5.74) is -0.734. The third-order valence-electron chi connectivity index (χ3n) is 3.47. The Hall–Kier alpha value is -1.72. The van der Waals surface area contributed by atoms with E-state index in [1.807, 2.05) is 6.92 Å². The van der Waals surface area contributed by atoms with E-state index < -0.39 is 35.4 Å². The van der Waals surface area contributed by atoms with Crippen LogP contribution < -0.4 is 9.47 Å². The molecule has 0 heterocycles. The van der Waals surface area contributed by atoms with Gasteiger partial charge in [-0.1, -0.05) is 26.2 Å². The average Bonchev–Trinajstić information content (AvgIpc) is 2.53. The fourth-order valence-corrected chi connectivity index (χ4v) is 2.37. The molecule has 3 nitrogen and oxygen atoms in total. The number of ether oxygens (including phenoxy) is 2. The van der Waals surface area contributed by atoms with Crippen LogP contribution in [-0.4, -0.2) is 26.7 Å². The van der Waals surface area contributed by atoms with E-state index in [0.717, 1.165) is 26.4 Å². The lowest BCUT2D eigenvalue weighted by molar-refractivity contribution is 0.0950. The van der Waals surface area contributed by atoms with Gasteiger partial charge in [-0.15, -0.1) is 0 Å². The molecule has 0 aliphatic rings. The third-order valence-corrected chi connectivity index (χ3v) is 3.47. The predicted molar refractivity (Wildman–Crippen MR) is 77.6 cm³/mol. The molecule has 0 aliphatic carbocycles. The van der Waals surface area contributed by atoms with E-state index in [-0.39, 0.29) is 17.7 Å². The number of benzene rings is 1. The van der Waals surface area contributed by atoms with Crippen LogP contribution in [0.5, 0.6) is 11.5 Å². The van der Waals surface area contributed by atoms with Gasteiger partial charge >= 0.3 is 0 Å². The summed E-state index contributed by atoms with van der Waals surface area (Å²) in [6.07, 6.45) is 3.65. The molecule has 1 aromatic carbocycles. The zero-order chi connectivity index (χ0) is 16.7. The molecule has 0 aliphatic heterocycles. The van der Waals surface area contributed by atoms with Crippen LogP contribution in [0.4, 0.5) is 13.2 Å². The molecule has 1 rings (SSSR count). The number of hydrogen-bond donors (Lipinski definition) is 0. The van der Waals surface area contributed by atoms with E-state index in [0.29, 0.717) is 6.42 Å². The molecular weight excluding hydrogens is 297 g/mol. The van der Waals surface area contributed by atoms with Crippen molar-refractivity contribution in [2.75, 3.05) is 20.9 Å². The number of carbonyl (C=O) groups is 1. The van der Waals surface area contributed by atoms with Crippen LogP contribution in [-0.2, 0) is 6.42 Å². The van der Waals surface area contributed by atoms with Crippen molar-refractivity contribution in [2.24, 2.45) is 0 Å². The Balaban J connectivity index is 3.34. The lowest BCUT2D eigenvalue weighted by Gasteiger charge is -2.17. The molecule has 124 valence electrons. The van der Waals surface area contributed by atoms with Crippen LogP contribution in [0.3, 0.4) is 0 Å². The fraction of sp³-hybridized carbons (Fsp3) is 0.562. The van der Waals surface area contributed by atoms with E-state index in [9.17, 15) is 18.0 Å². The standard InChI is InChI=1S/C16H21F3O3/c1-4-5-6-7-8-10-13(18)12(11(20)9-17)16(22-3)14(19)15(10)21-2/h4-9H2,1-3H3. The van der Waals surface area contributed by atoms with Gasteiger partial charge in [-0.05, 0) is 12.8 Å². The van der Waals surface area contributed by atoms with Gasteiger partial charge in [-0.25, -0.2) is 8.78 Å². The van der Waals surface area contributed by atoms with Crippen molar-refractivity contribution in [3.8, 4) is 11.5 Å². The number of rotatable bonds is 9. The van der Waals surface area contributed by atoms with Crippen molar-refractivity contribution in [2.45, 2.75) is 39.0 Å². The second-order valence-corrected chi connectivity index (χ2v) is 4.92. The molecule has 0 atom stereocenters. The molecule has 0 amide bonds. The van der Waals surface area contributed by atoms with E-state index in [1.54, 1.807) is 0 Å². The van der Waals surface area contributed by atoms with Gasteiger partial charge < -0.3 is 9.47 Å². The minimum absolute atomic E-state index is 0.0475. The Kier molecular flexibility index (Phi) is 7.21. The SMILES string of the molecule is CCCCCCc1c(F)c(C(=O)CF)c(OC)c(F)c1OC. The first-order valence-corrected chi connectivity index (χ1v) is 7.24. The Labute approximate surface area is 128 Å². The number of hydrogen-bond acceptors (Lipinski definition) is 3. The van der Waals surface area contributed by atoms with Gasteiger partial charge in [0, 0.05) is 5.56 Å². The summed E-state index contributed by atoms with van der Waals surface area (Å²) in [6, 6.07) is 0. The number of alkyl halides is 1. The summed E-state index contributed by atoms with van der Waals surface area (Å²) in [4.78, 5) is 11.6. The molecule has 0 fully saturated rings. The minimum Gasteiger partial charge on any atom is -0.493 e. The number of Topliss-reactive ketones (excluding diaryl/α,β-unsaturated/α-hetero) is 1. The second kappa shape index (κ2) is 8.66. The largest absolute Gasteiger partial charge is 0.493 e. The highest BCUT2D eigenvalue weighted by molar-refractivity contribution is 6.00. The van der Waals surface area contributed by atoms with Gasteiger partial charge in [0.1, 0.15) is 11.4 Å². The molecule has 0 aromatic heterocycles. The summed E-state index contributed by atoms with van der Waals surface area (Å²) in [5, 5.41) is 0. The number of halogens is 3. The van der Waals surface area contributed by atoms with E-state index in [2.05, 4.69) is 0 Å². The Morgan fingerprint density at radius 3 is 2.14 bits per heavy atom. The van der Waals surface area contributed by atoms with Crippen molar-refractivity contribution in [1.82, 2.24) is 0 Å². The van der Waals surface area contributed by atoms with Gasteiger partial charge in [0.05, 0.1) is 14.2 Å². The molecular formula is C16H21F3O3. The van der Waals surface area contributed by atoms with Crippen LogP contribution in [0, 0.1) is 11.6 Å². The minimum atomic E-state index is -1.42. The molecule has 6 heteroatoms. The van der Waals surface area contributed by atoms with Crippen molar-refractivity contribution < 1.29 is 27.4 Å². The fourth-order valence-electron chi connectivity index (χ4n) is 2.37. The maximum absolute atomic E-state index is 14.6. The van der Waals surface area contributed by atoms with E-state index >= 15 is 0 Å². The monoisotopic (exact) mass is 318 g/mol. The number of ketones is 1. The van der Waals surface area contributed by atoms with Crippen LogP contribution >= 0.6 is 0 Å². The number of methoxy groups -OCH3 is 2. The molecule has 1 aromatic rings. The number of carbonyl (C=O) groups excluding carboxylic acids is 1. The summed E-state index contributed by atoms with van der Waals surface area (Å²) in [7, 11) is 2.30. The molecule has 0 radical (unpaired) electrons. The molecule has 22 heavy (non-hydrogen) atoms. The summed E-state index contributed by atoms with van der Waals surface area (Å²) < 4.78 is 51.2. The normalized spacial score (nSPS) is 10.6. The highest BCUT2D eigenvalue weighted by Gasteiger charge is 2.29. The zero-order valence-electron chi connectivity index (χ0n) is 13.1. The summed E-state index contributed by atoms with van der Waals surface area (Å²) in [6.45, 7) is 0.612. The van der Waals surface area contributed by atoms with Crippen molar-refractivity contribution in [3.05, 3.63) is 22.8 Å². The quantitative estimate of drug-likeness (QED) is 0.504. The van der Waals surface area contributed by atoms with Gasteiger partial charge in [-0.2, -0.15) is 4.39 Å². The van der Waals surface area contributed by atoms with E-state index in [4.69, 9.17) is 9.47 Å². The van der Waals surface area contributed by atoms with Crippen LogP contribution in [0.1, 0.15) is 48.5 Å². The third kappa shape index (κ3) is 3.72. The van der Waals surface area contributed by atoms with Crippen LogP contribution in [0.2, 0.25) is 0 Å². The molecule has 0 bridgehead atoms. The van der Waals surface area contributed by atoms with Crippen LogP contribution in [0.15, 0.2) is 0 Å². The van der Waals surface area contributed by atoms with Crippen molar-refractivity contribution in [3.63, 3.8) is 0 Å². The van der Waals surface area contributed by atoms with Gasteiger partial charge in [-0.3, -0.25) is 4.79 Å². The predicted octanol–water partition coefficient (Wildman–Crippen LogP) is 4.26. The first-order chi connectivity index (χ1) is 10.5. The van der Waals surface area contributed by atoms with Crippen molar-refractivity contribution >= 4 is 5.78 Å². The average molecular weight is 318 g/mol. The van der Waals surface area contributed by atoms with E-state index in [1.165, 1.54) is 7.11 Å². The summed E-state index contributed by atoms with van der Waals surface area (Å²) >= 11 is 0. The first-order valence-electron chi connectivity index (χ1n) is 7.24. The molecule has 0 spiro atoms. The van der Waals surface area contributed by atoms with Gasteiger partial charge in [0.2, 0.25) is 11.6 Å². The number of unbranched alkanes of at least 4 members (excludes halogenated alkanes) is 3. The van der Waals surface area contributed by atoms with Crippen LogP contribution in [0.25, 0.3) is 0 Å². The smallest absolute Gasteiger partial charge is 0.208 e. The highest BCUT2D eigenvalue weighted by atomic mass is 19.1. The lowest BCUT2D eigenvalue weighted by Crippen LogP contribution is -2.13.